The van der Waals surface area contributed by atoms with E-state index in [0.29, 0.717) is 24.2 Å². The van der Waals surface area contributed by atoms with Crippen molar-refractivity contribution in [2.45, 2.75) is 6.42 Å². The Labute approximate surface area is 87.0 Å². The molecular weight excluding hydrogens is 190 g/mol. The summed E-state index contributed by atoms with van der Waals surface area (Å²) in [5.74, 6) is 5.61. The minimum atomic E-state index is 0.314. The fourth-order valence-corrected chi connectivity index (χ4v) is 0.904. The fraction of sp³-hybridized carbons (Fsp3) is 0.200. The van der Waals surface area contributed by atoms with E-state index in [9.17, 15) is 0 Å². The molecule has 0 aliphatic rings. The van der Waals surface area contributed by atoms with Gasteiger partial charge in [0, 0.05) is 24.1 Å². The summed E-state index contributed by atoms with van der Waals surface area (Å²) in [5, 5.41) is 12.1. The Morgan fingerprint density at radius 1 is 1.60 bits per heavy atom. The third-order valence-electron chi connectivity index (χ3n) is 1.54. The maximum atomic E-state index is 8.71. The summed E-state index contributed by atoms with van der Waals surface area (Å²) < 4.78 is 0. The fourth-order valence-electron chi connectivity index (χ4n) is 0.904. The highest BCUT2D eigenvalue weighted by molar-refractivity contribution is 5.43. The number of hydrogen-bond donors (Lipinski definition) is 0. The number of pyridine rings is 1. The van der Waals surface area contributed by atoms with E-state index in [2.05, 4.69) is 26.9 Å². The van der Waals surface area contributed by atoms with Gasteiger partial charge in [-0.1, -0.05) is 17.0 Å². The molecule has 5 heteroatoms. The van der Waals surface area contributed by atoms with Crippen LogP contribution >= 0.6 is 0 Å². The van der Waals surface area contributed by atoms with Crippen molar-refractivity contribution in [3.05, 3.63) is 40.0 Å². The van der Waals surface area contributed by atoms with Crippen molar-refractivity contribution in [3.63, 3.8) is 0 Å². The van der Waals surface area contributed by atoms with Gasteiger partial charge in [0.25, 0.3) is 0 Å². The van der Waals surface area contributed by atoms with E-state index in [-0.39, 0.29) is 0 Å². The Morgan fingerprint density at radius 2 is 2.47 bits per heavy atom. The molecule has 0 aliphatic carbocycles. The van der Waals surface area contributed by atoms with Crippen LogP contribution in [0.4, 0.5) is 0 Å². The lowest BCUT2D eigenvalue weighted by molar-refractivity contribution is 1.01. The second-order valence-corrected chi connectivity index (χ2v) is 2.52. The Kier molecular flexibility index (Phi) is 4.26. The molecule has 1 rings (SSSR count). The van der Waals surface area contributed by atoms with Crippen molar-refractivity contribution in [3.8, 4) is 17.9 Å². The van der Waals surface area contributed by atoms with Crippen LogP contribution in [0.1, 0.15) is 17.7 Å². The summed E-state index contributed by atoms with van der Waals surface area (Å²) in [7, 11) is 0. The van der Waals surface area contributed by atoms with Crippen LogP contribution in [0.5, 0.6) is 0 Å². The van der Waals surface area contributed by atoms with Gasteiger partial charge in [0.05, 0.1) is 5.56 Å². The van der Waals surface area contributed by atoms with Crippen LogP contribution in [-0.2, 0) is 0 Å². The first-order chi connectivity index (χ1) is 7.38. The quantitative estimate of drug-likeness (QED) is 0.239. The maximum absolute atomic E-state index is 8.71. The van der Waals surface area contributed by atoms with Crippen molar-refractivity contribution in [1.82, 2.24) is 4.98 Å². The standard InChI is InChI=1S/C10H7N5/c11-8-10-9(5-3-6-13-10)4-1-2-7-14-15-12/h3,5-6H,2,7H2. The zero-order chi connectivity index (χ0) is 10.9. The highest BCUT2D eigenvalue weighted by Crippen LogP contribution is 2.01. The first-order valence-electron chi connectivity index (χ1n) is 4.23. The van der Waals surface area contributed by atoms with Gasteiger partial charge in [-0.2, -0.15) is 5.26 Å². The van der Waals surface area contributed by atoms with Gasteiger partial charge in [-0.3, -0.25) is 0 Å². The van der Waals surface area contributed by atoms with Gasteiger partial charge < -0.3 is 0 Å². The molecule has 0 fully saturated rings. The third-order valence-corrected chi connectivity index (χ3v) is 1.54. The first-order valence-corrected chi connectivity index (χ1v) is 4.23. The average Bonchev–Trinajstić information content (AvgIpc) is 2.29. The summed E-state index contributed by atoms with van der Waals surface area (Å²) >= 11 is 0. The molecule has 15 heavy (non-hydrogen) atoms. The van der Waals surface area contributed by atoms with Crippen LogP contribution in [0.2, 0.25) is 0 Å². The molecule has 0 saturated heterocycles. The molecule has 0 amide bonds. The largest absolute Gasteiger partial charge is 0.244 e. The number of azide groups is 1. The second kappa shape index (κ2) is 6.04. The van der Waals surface area contributed by atoms with Crippen molar-refractivity contribution >= 4 is 0 Å². The van der Waals surface area contributed by atoms with Crippen molar-refractivity contribution in [2.75, 3.05) is 6.54 Å². The molecule has 0 unspecified atom stereocenters. The molecule has 5 nitrogen and oxygen atoms in total. The molecule has 1 heterocycles. The lowest BCUT2D eigenvalue weighted by atomic mass is 10.2. The lowest BCUT2D eigenvalue weighted by Crippen LogP contribution is -1.86. The SMILES string of the molecule is N#Cc1ncccc1C#CCCN=[N+]=[N-]. The molecule has 0 aromatic carbocycles. The molecule has 0 radical (unpaired) electrons. The number of aromatic nitrogens is 1. The Hall–Kier alpha value is -2.49. The molecule has 0 bridgehead atoms. The van der Waals surface area contributed by atoms with Crippen LogP contribution < -0.4 is 0 Å². The topological polar surface area (TPSA) is 85.4 Å². The highest BCUT2D eigenvalue weighted by Gasteiger charge is 1.96. The molecule has 0 atom stereocenters. The van der Waals surface area contributed by atoms with Crippen molar-refractivity contribution < 1.29 is 0 Å². The average molecular weight is 197 g/mol. The summed E-state index contributed by atoms with van der Waals surface area (Å²) in [6, 6.07) is 5.40. The molecule has 0 spiro atoms. The predicted octanol–water partition coefficient (Wildman–Crippen LogP) is 2.01. The van der Waals surface area contributed by atoms with Gasteiger partial charge in [0.1, 0.15) is 6.07 Å². The summed E-state index contributed by atoms with van der Waals surface area (Å²) in [6.45, 7) is 0.339. The van der Waals surface area contributed by atoms with Gasteiger partial charge >= 0.3 is 0 Å². The Balaban J connectivity index is 2.72. The molecule has 0 saturated carbocycles. The Bertz CT molecular complexity index is 483. The van der Waals surface area contributed by atoms with Crippen molar-refractivity contribution in [2.24, 2.45) is 5.11 Å². The van der Waals surface area contributed by atoms with E-state index in [1.807, 2.05) is 6.07 Å². The monoisotopic (exact) mass is 197 g/mol. The van der Waals surface area contributed by atoms with E-state index in [4.69, 9.17) is 10.8 Å². The Morgan fingerprint density at radius 3 is 3.20 bits per heavy atom. The lowest BCUT2D eigenvalue weighted by Gasteiger charge is -1.90. The van der Waals surface area contributed by atoms with Crippen LogP contribution in [0.25, 0.3) is 10.4 Å². The minimum absolute atomic E-state index is 0.314. The summed E-state index contributed by atoms with van der Waals surface area (Å²) in [6.07, 6.45) is 2.02. The van der Waals surface area contributed by atoms with Gasteiger partial charge in [-0.05, 0) is 17.7 Å². The van der Waals surface area contributed by atoms with Crippen molar-refractivity contribution in [1.29, 1.82) is 5.26 Å². The molecule has 0 N–H and O–H groups in total. The molecule has 1 aromatic heterocycles. The first kappa shape index (κ1) is 10.6. The summed E-state index contributed by atoms with van der Waals surface area (Å²) in [5.41, 5.74) is 8.93. The normalized spacial score (nSPS) is 7.93. The van der Waals surface area contributed by atoms with E-state index >= 15 is 0 Å². The van der Waals surface area contributed by atoms with Crippen LogP contribution in [0.3, 0.4) is 0 Å². The summed E-state index contributed by atoms with van der Waals surface area (Å²) in [4.78, 5) is 6.47. The predicted molar refractivity (Wildman–Crippen MR) is 54.5 cm³/mol. The zero-order valence-corrected chi connectivity index (χ0v) is 7.88. The van der Waals surface area contributed by atoms with E-state index < -0.39 is 0 Å². The van der Waals surface area contributed by atoms with Gasteiger partial charge in [-0.15, -0.1) is 0 Å². The maximum Gasteiger partial charge on any atom is 0.156 e. The third kappa shape index (κ3) is 3.40. The van der Waals surface area contributed by atoms with Crippen LogP contribution in [0, 0.1) is 23.2 Å². The van der Waals surface area contributed by atoms with E-state index in [1.165, 1.54) is 0 Å². The van der Waals surface area contributed by atoms with Crippen LogP contribution in [0.15, 0.2) is 23.4 Å². The molecule has 0 aliphatic heterocycles. The van der Waals surface area contributed by atoms with Gasteiger partial charge in [0.15, 0.2) is 5.69 Å². The molecule has 72 valence electrons. The number of rotatable bonds is 2. The minimum Gasteiger partial charge on any atom is -0.244 e. The van der Waals surface area contributed by atoms with Gasteiger partial charge in [-0.25, -0.2) is 4.98 Å². The van der Waals surface area contributed by atoms with Crippen LogP contribution in [-0.4, -0.2) is 11.5 Å². The van der Waals surface area contributed by atoms with Gasteiger partial charge in [0.2, 0.25) is 0 Å². The molecule has 1 aromatic rings. The number of nitriles is 1. The van der Waals surface area contributed by atoms with E-state index in [1.54, 1.807) is 18.3 Å². The zero-order valence-electron chi connectivity index (χ0n) is 7.88. The molecular formula is C10H7N5. The highest BCUT2D eigenvalue weighted by atomic mass is 15.1. The second-order valence-electron chi connectivity index (χ2n) is 2.52. The number of hydrogen-bond acceptors (Lipinski definition) is 3. The number of nitrogens with zero attached hydrogens (tertiary/aromatic N) is 5. The van der Waals surface area contributed by atoms with E-state index in [0.717, 1.165) is 0 Å². The smallest absolute Gasteiger partial charge is 0.156 e.